The van der Waals surface area contributed by atoms with E-state index in [-0.39, 0.29) is 12.5 Å². The molecule has 5 heteroatoms. The summed E-state index contributed by atoms with van der Waals surface area (Å²) in [5, 5.41) is 16.3. The van der Waals surface area contributed by atoms with Gasteiger partial charge in [-0.1, -0.05) is 42.5 Å². The summed E-state index contributed by atoms with van der Waals surface area (Å²) >= 11 is 0. The first kappa shape index (κ1) is 20.8. The van der Waals surface area contributed by atoms with Gasteiger partial charge in [0.15, 0.2) is 5.96 Å². The molecule has 146 valence electrons. The van der Waals surface area contributed by atoms with Crippen LogP contribution in [0.5, 0.6) is 5.75 Å². The van der Waals surface area contributed by atoms with E-state index in [1.54, 1.807) is 0 Å². The number of guanidine groups is 1. The highest BCUT2D eigenvalue weighted by atomic mass is 16.5. The number of aliphatic hydroxyl groups is 1. The van der Waals surface area contributed by atoms with E-state index in [1.165, 1.54) is 0 Å². The van der Waals surface area contributed by atoms with Crippen molar-refractivity contribution in [1.29, 1.82) is 0 Å². The highest BCUT2D eigenvalue weighted by Gasteiger charge is 2.11. The van der Waals surface area contributed by atoms with Gasteiger partial charge in [0.25, 0.3) is 0 Å². The maximum absolute atomic E-state index is 9.72. The molecule has 2 aromatic rings. The molecule has 1 unspecified atom stereocenters. The number of rotatable bonds is 9. The lowest BCUT2D eigenvalue weighted by atomic mass is 10.0. The van der Waals surface area contributed by atoms with Gasteiger partial charge in [-0.15, -0.1) is 0 Å². The first-order valence-electron chi connectivity index (χ1n) is 9.58. The second kappa shape index (κ2) is 11.2. The highest BCUT2D eigenvalue weighted by molar-refractivity contribution is 5.79. The summed E-state index contributed by atoms with van der Waals surface area (Å²) < 4.78 is 5.59. The van der Waals surface area contributed by atoms with Gasteiger partial charge >= 0.3 is 0 Å². The van der Waals surface area contributed by atoms with Crippen LogP contribution in [0, 0.1) is 6.92 Å². The van der Waals surface area contributed by atoms with Crippen molar-refractivity contribution in [3.63, 3.8) is 0 Å². The minimum atomic E-state index is 0.0303. The van der Waals surface area contributed by atoms with Gasteiger partial charge in [0.2, 0.25) is 0 Å². The van der Waals surface area contributed by atoms with E-state index in [9.17, 15) is 5.11 Å². The zero-order chi connectivity index (χ0) is 19.5. The summed E-state index contributed by atoms with van der Waals surface area (Å²) in [6, 6.07) is 16.2. The van der Waals surface area contributed by atoms with E-state index in [2.05, 4.69) is 21.7 Å². The van der Waals surface area contributed by atoms with Crippen LogP contribution in [-0.4, -0.2) is 37.4 Å². The maximum Gasteiger partial charge on any atom is 0.191 e. The monoisotopic (exact) mass is 369 g/mol. The maximum atomic E-state index is 9.72. The molecule has 0 aromatic heterocycles. The number of aliphatic imine (C=N–C) groups is 1. The van der Waals surface area contributed by atoms with Crippen molar-refractivity contribution in [2.24, 2.45) is 4.99 Å². The van der Waals surface area contributed by atoms with Gasteiger partial charge in [-0.3, -0.25) is 0 Å². The van der Waals surface area contributed by atoms with Crippen LogP contribution < -0.4 is 15.4 Å². The van der Waals surface area contributed by atoms with Crippen molar-refractivity contribution in [3.8, 4) is 5.75 Å². The SMILES string of the molecule is CCNC(=NCc1ccc(OCC)c(C)c1)NCC(CO)c1ccccc1. The zero-order valence-electron chi connectivity index (χ0n) is 16.5. The van der Waals surface area contributed by atoms with Gasteiger partial charge < -0.3 is 20.5 Å². The fourth-order valence-electron chi connectivity index (χ4n) is 2.87. The molecule has 27 heavy (non-hydrogen) atoms. The molecule has 0 amide bonds. The summed E-state index contributed by atoms with van der Waals surface area (Å²) in [4.78, 5) is 4.67. The molecule has 0 fully saturated rings. The van der Waals surface area contributed by atoms with Crippen molar-refractivity contribution in [3.05, 3.63) is 65.2 Å². The molecule has 2 rings (SSSR count). The Balaban J connectivity index is 2.00. The van der Waals surface area contributed by atoms with Gasteiger partial charge in [0.05, 0.1) is 19.8 Å². The molecule has 0 heterocycles. The van der Waals surface area contributed by atoms with E-state index < -0.39 is 0 Å². The molecule has 0 radical (unpaired) electrons. The number of hydrogen-bond acceptors (Lipinski definition) is 3. The Morgan fingerprint density at radius 1 is 1.11 bits per heavy atom. The Labute approximate surface area is 162 Å². The number of hydrogen-bond donors (Lipinski definition) is 3. The number of benzene rings is 2. The predicted molar refractivity (Wildman–Crippen MR) is 111 cm³/mol. The summed E-state index contributed by atoms with van der Waals surface area (Å²) in [7, 11) is 0. The van der Waals surface area contributed by atoms with Crippen LogP contribution in [0.2, 0.25) is 0 Å². The van der Waals surface area contributed by atoms with Crippen molar-refractivity contribution in [2.75, 3.05) is 26.3 Å². The Hall–Kier alpha value is -2.53. The van der Waals surface area contributed by atoms with Crippen molar-refractivity contribution < 1.29 is 9.84 Å². The highest BCUT2D eigenvalue weighted by Crippen LogP contribution is 2.19. The third-order valence-electron chi connectivity index (χ3n) is 4.31. The van der Waals surface area contributed by atoms with E-state index in [0.717, 1.165) is 34.9 Å². The predicted octanol–water partition coefficient (Wildman–Crippen LogP) is 3.22. The smallest absolute Gasteiger partial charge is 0.191 e. The summed E-state index contributed by atoms with van der Waals surface area (Å²) in [6.45, 7) is 8.82. The lowest BCUT2D eigenvalue weighted by Gasteiger charge is -2.18. The number of ether oxygens (including phenoxy) is 1. The minimum Gasteiger partial charge on any atom is -0.494 e. The van der Waals surface area contributed by atoms with Crippen LogP contribution in [0.1, 0.15) is 36.5 Å². The van der Waals surface area contributed by atoms with E-state index in [1.807, 2.05) is 63.2 Å². The van der Waals surface area contributed by atoms with Gasteiger partial charge in [0, 0.05) is 19.0 Å². The van der Waals surface area contributed by atoms with Crippen LogP contribution in [0.4, 0.5) is 0 Å². The molecule has 0 saturated carbocycles. The quantitative estimate of drug-likeness (QED) is 0.469. The van der Waals surface area contributed by atoms with E-state index >= 15 is 0 Å². The molecule has 0 saturated heterocycles. The van der Waals surface area contributed by atoms with Crippen LogP contribution in [0.25, 0.3) is 0 Å². The molecule has 0 aliphatic carbocycles. The molecule has 5 nitrogen and oxygen atoms in total. The van der Waals surface area contributed by atoms with Crippen LogP contribution >= 0.6 is 0 Å². The minimum absolute atomic E-state index is 0.0303. The molecule has 0 spiro atoms. The topological polar surface area (TPSA) is 65.9 Å². The average Bonchev–Trinajstić information content (AvgIpc) is 2.69. The molecular formula is C22H31N3O2. The lowest BCUT2D eigenvalue weighted by Crippen LogP contribution is -2.39. The second-order valence-electron chi connectivity index (χ2n) is 6.40. The Bertz CT molecular complexity index is 717. The number of nitrogens with one attached hydrogen (secondary N) is 2. The summed E-state index contributed by atoms with van der Waals surface area (Å²) in [5.74, 6) is 1.70. The molecule has 2 aromatic carbocycles. The first-order valence-corrected chi connectivity index (χ1v) is 9.58. The third-order valence-corrected chi connectivity index (χ3v) is 4.31. The molecule has 3 N–H and O–H groups in total. The molecule has 0 aliphatic heterocycles. The average molecular weight is 370 g/mol. The molecule has 0 bridgehead atoms. The van der Waals surface area contributed by atoms with Crippen molar-refractivity contribution >= 4 is 5.96 Å². The van der Waals surface area contributed by atoms with E-state index in [0.29, 0.717) is 19.7 Å². The van der Waals surface area contributed by atoms with Crippen LogP contribution in [0.3, 0.4) is 0 Å². The second-order valence-corrected chi connectivity index (χ2v) is 6.40. The lowest BCUT2D eigenvalue weighted by molar-refractivity contribution is 0.265. The molecule has 1 atom stereocenters. The van der Waals surface area contributed by atoms with Crippen molar-refractivity contribution in [1.82, 2.24) is 10.6 Å². The fraction of sp³-hybridized carbons (Fsp3) is 0.409. The van der Waals surface area contributed by atoms with Crippen LogP contribution in [0.15, 0.2) is 53.5 Å². The largest absolute Gasteiger partial charge is 0.494 e. The third kappa shape index (κ3) is 6.61. The van der Waals surface area contributed by atoms with Gasteiger partial charge in [0.1, 0.15) is 5.75 Å². The number of aryl methyl sites for hydroxylation is 1. The fourth-order valence-corrected chi connectivity index (χ4v) is 2.87. The summed E-state index contributed by atoms with van der Waals surface area (Å²) in [6.07, 6.45) is 0. The Kier molecular flexibility index (Phi) is 8.65. The number of aliphatic hydroxyl groups excluding tert-OH is 1. The Morgan fingerprint density at radius 2 is 1.89 bits per heavy atom. The van der Waals surface area contributed by atoms with Crippen molar-refractivity contribution in [2.45, 2.75) is 33.2 Å². The molecular weight excluding hydrogens is 338 g/mol. The zero-order valence-corrected chi connectivity index (χ0v) is 16.5. The normalized spacial score (nSPS) is 12.5. The van der Waals surface area contributed by atoms with Gasteiger partial charge in [-0.2, -0.15) is 0 Å². The summed E-state index contributed by atoms with van der Waals surface area (Å²) in [5.41, 5.74) is 3.37. The van der Waals surface area contributed by atoms with Gasteiger partial charge in [-0.05, 0) is 43.5 Å². The number of nitrogens with zero attached hydrogens (tertiary/aromatic N) is 1. The van der Waals surface area contributed by atoms with Gasteiger partial charge in [-0.25, -0.2) is 4.99 Å². The standard InChI is InChI=1S/C22H31N3O2/c1-4-23-22(25-15-20(16-26)19-9-7-6-8-10-19)24-14-18-11-12-21(27-5-2)17(3)13-18/h6-13,20,26H,4-5,14-16H2,1-3H3,(H2,23,24,25). The van der Waals surface area contributed by atoms with E-state index in [4.69, 9.17) is 4.74 Å². The first-order chi connectivity index (χ1) is 13.2. The Morgan fingerprint density at radius 3 is 2.52 bits per heavy atom. The molecule has 0 aliphatic rings. The van der Waals surface area contributed by atoms with Crippen LogP contribution in [-0.2, 0) is 6.54 Å².